The minimum atomic E-state index is -3.92. The van der Waals surface area contributed by atoms with Gasteiger partial charge in [0.1, 0.15) is 10.7 Å². The number of carbonyl (C=O) groups excluding carboxylic acids is 1. The number of likely N-dealkylation sites (tertiary alicyclic amines) is 1. The second-order valence-electron chi connectivity index (χ2n) is 6.88. The van der Waals surface area contributed by atoms with Crippen LogP contribution in [0.5, 0.6) is 0 Å². The van der Waals surface area contributed by atoms with Crippen LogP contribution in [0.4, 0.5) is 4.39 Å². The number of hydrogen-bond acceptors (Lipinski definition) is 3. The summed E-state index contributed by atoms with van der Waals surface area (Å²) in [5.74, 6) is -0.620. The molecule has 1 saturated heterocycles. The normalized spacial score (nSPS) is 14.7. The second kappa shape index (κ2) is 7.44. The molecule has 0 aliphatic carbocycles. The fourth-order valence-electron chi connectivity index (χ4n) is 3.43. The van der Waals surface area contributed by atoms with Gasteiger partial charge in [0.05, 0.1) is 5.56 Å². The first-order chi connectivity index (χ1) is 12.7. The molecule has 0 spiro atoms. The number of carbonyl (C=O) groups is 1. The molecular formula is C19H24FN3O3S. The molecule has 1 fully saturated rings. The van der Waals surface area contributed by atoms with Crippen LogP contribution in [0.15, 0.2) is 29.2 Å². The van der Waals surface area contributed by atoms with Gasteiger partial charge < -0.3 is 9.47 Å². The summed E-state index contributed by atoms with van der Waals surface area (Å²) in [6, 6.07) is 5.61. The fourth-order valence-corrected chi connectivity index (χ4v) is 4.96. The maximum absolute atomic E-state index is 13.0. The van der Waals surface area contributed by atoms with Crippen LogP contribution in [0.3, 0.4) is 0 Å². The van der Waals surface area contributed by atoms with E-state index in [2.05, 4.69) is 4.72 Å². The lowest BCUT2D eigenvalue weighted by Gasteiger charge is -2.17. The van der Waals surface area contributed by atoms with Gasteiger partial charge in [-0.25, -0.2) is 17.5 Å². The van der Waals surface area contributed by atoms with Crippen LogP contribution in [0.25, 0.3) is 0 Å². The molecule has 0 radical (unpaired) electrons. The van der Waals surface area contributed by atoms with E-state index < -0.39 is 10.0 Å². The summed E-state index contributed by atoms with van der Waals surface area (Å²) in [5.41, 5.74) is 2.02. The molecule has 0 unspecified atom stereocenters. The molecule has 1 aliphatic rings. The van der Waals surface area contributed by atoms with E-state index in [4.69, 9.17) is 0 Å². The molecule has 0 saturated carbocycles. The smallest absolute Gasteiger partial charge is 0.257 e. The third-order valence-electron chi connectivity index (χ3n) is 5.18. The summed E-state index contributed by atoms with van der Waals surface area (Å²) in [7, 11) is -2.16. The summed E-state index contributed by atoms with van der Waals surface area (Å²) >= 11 is 0. The average molecular weight is 393 g/mol. The summed E-state index contributed by atoms with van der Waals surface area (Å²) in [4.78, 5) is 14.7. The number of sulfonamides is 1. The molecule has 1 aliphatic heterocycles. The molecular weight excluding hydrogens is 369 g/mol. The molecule has 0 atom stereocenters. The van der Waals surface area contributed by atoms with Crippen LogP contribution in [0.2, 0.25) is 0 Å². The molecule has 27 heavy (non-hydrogen) atoms. The van der Waals surface area contributed by atoms with Crippen LogP contribution >= 0.6 is 0 Å². The highest BCUT2D eigenvalue weighted by Gasteiger charge is 2.33. The first-order valence-corrected chi connectivity index (χ1v) is 10.4. The highest BCUT2D eigenvalue weighted by Crippen LogP contribution is 2.28. The number of amides is 1. The molecule has 146 valence electrons. The maximum atomic E-state index is 13.0. The van der Waals surface area contributed by atoms with Crippen LogP contribution in [0.1, 0.15) is 40.2 Å². The average Bonchev–Trinajstić information content (AvgIpc) is 3.24. The van der Waals surface area contributed by atoms with Gasteiger partial charge in [-0.2, -0.15) is 0 Å². The summed E-state index contributed by atoms with van der Waals surface area (Å²) < 4.78 is 43.4. The standard InChI is InChI=1S/C19H24FN3O3S/c1-13-17(19(24)23-10-4-5-11-23)18(14(2)22(13)3)27(25,26)21-12-15-6-8-16(20)9-7-15/h6-9,21H,4-5,10-12H2,1-3H3. The van der Waals surface area contributed by atoms with Gasteiger partial charge in [-0.05, 0) is 44.4 Å². The van der Waals surface area contributed by atoms with Crippen LogP contribution < -0.4 is 4.72 Å². The van der Waals surface area contributed by atoms with Crippen molar-refractivity contribution in [1.82, 2.24) is 14.2 Å². The summed E-state index contributed by atoms with van der Waals surface area (Å²) in [6.45, 7) is 4.77. The van der Waals surface area contributed by atoms with Crippen LogP contribution in [-0.2, 0) is 23.6 Å². The third-order valence-corrected chi connectivity index (χ3v) is 6.74. The van der Waals surface area contributed by atoms with Crippen molar-refractivity contribution >= 4 is 15.9 Å². The zero-order valence-corrected chi connectivity index (χ0v) is 16.6. The highest BCUT2D eigenvalue weighted by molar-refractivity contribution is 7.89. The van der Waals surface area contributed by atoms with Crippen molar-refractivity contribution in [2.75, 3.05) is 13.1 Å². The van der Waals surface area contributed by atoms with E-state index in [1.807, 2.05) is 0 Å². The first-order valence-electron chi connectivity index (χ1n) is 8.91. The van der Waals surface area contributed by atoms with E-state index in [9.17, 15) is 17.6 Å². The Morgan fingerprint density at radius 3 is 2.30 bits per heavy atom. The number of rotatable bonds is 5. The van der Waals surface area contributed by atoms with Gasteiger partial charge in [0.25, 0.3) is 5.91 Å². The van der Waals surface area contributed by atoms with Gasteiger partial charge in [0.15, 0.2) is 0 Å². The van der Waals surface area contributed by atoms with E-state index in [0.717, 1.165) is 12.8 Å². The second-order valence-corrected chi connectivity index (χ2v) is 8.59. The number of nitrogens with zero attached hydrogens (tertiary/aromatic N) is 2. The topological polar surface area (TPSA) is 71.4 Å². The van der Waals surface area contributed by atoms with Crippen molar-refractivity contribution in [2.24, 2.45) is 7.05 Å². The molecule has 8 heteroatoms. The van der Waals surface area contributed by atoms with Crippen molar-refractivity contribution in [3.8, 4) is 0 Å². The minimum Gasteiger partial charge on any atom is -0.350 e. The Kier molecular flexibility index (Phi) is 5.39. The van der Waals surface area contributed by atoms with E-state index >= 15 is 0 Å². The van der Waals surface area contributed by atoms with E-state index in [0.29, 0.717) is 30.0 Å². The van der Waals surface area contributed by atoms with E-state index in [-0.39, 0.29) is 28.7 Å². The zero-order chi connectivity index (χ0) is 19.8. The summed E-state index contributed by atoms with van der Waals surface area (Å²) in [6.07, 6.45) is 1.86. The molecule has 1 N–H and O–H groups in total. The van der Waals surface area contributed by atoms with Crippen molar-refractivity contribution in [3.05, 3.63) is 52.6 Å². The molecule has 2 aromatic rings. The number of benzene rings is 1. The van der Waals surface area contributed by atoms with Gasteiger partial charge in [-0.1, -0.05) is 12.1 Å². The predicted molar refractivity (Wildman–Crippen MR) is 100 cm³/mol. The Morgan fingerprint density at radius 1 is 1.11 bits per heavy atom. The van der Waals surface area contributed by atoms with E-state index in [1.54, 1.807) is 30.4 Å². The largest absolute Gasteiger partial charge is 0.350 e. The van der Waals surface area contributed by atoms with Crippen molar-refractivity contribution in [2.45, 2.75) is 38.1 Å². The molecule has 0 bridgehead atoms. The zero-order valence-electron chi connectivity index (χ0n) is 15.8. The Hall–Kier alpha value is -2.19. The Bertz CT molecular complexity index is 959. The van der Waals surface area contributed by atoms with Gasteiger partial charge in [0.2, 0.25) is 10.0 Å². The van der Waals surface area contributed by atoms with Crippen LogP contribution in [0, 0.1) is 19.7 Å². The lowest BCUT2D eigenvalue weighted by Crippen LogP contribution is -2.31. The molecule has 6 nitrogen and oxygen atoms in total. The Morgan fingerprint density at radius 2 is 1.70 bits per heavy atom. The van der Waals surface area contributed by atoms with Crippen molar-refractivity contribution in [1.29, 1.82) is 0 Å². The highest BCUT2D eigenvalue weighted by atomic mass is 32.2. The molecule has 1 aromatic carbocycles. The minimum absolute atomic E-state index is 0.0212. The lowest BCUT2D eigenvalue weighted by atomic mass is 10.2. The number of hydrogen-bond donors (Lipinski definition) is 1. The monoisotopic (exact) mass is 393 g/mol. The predicted octanol–water partition coefficient (Wildman–Crippen LogP) is 2.50. The molecule has 1 amide bonds. The lowest BCUT2D eigenvalue weighted by molar-refractivity contribution is 0.0788. The molecule has 3 rings (SSSR count). The number of nitrogens with one attached hydrogen (secondary N) is 1. The SMILES string of the molecule is Cc1c(C(=O)N2CCCC2)c(S(=O)(=O)NCc2ccc(F)cc2)c(C)n1C. The molecule has 1 aromatic heterocycles. The third kappa shape index (κ3) is 3.77. The van der Waals surface area contributed by atoms with Crippen molar-refractivity contribution in [3.63, 3.8) is 0 Å². The van der Waals surface area contributed by atoms with Gasteiger partial charge >= 0.3 is 0 Å². The first kappa shape index (κ1) is 19.6. The Balaban J connectivity index is 1.95. The maximum Gasteiger partial charge on any atom is 0.257 e. The van der Waals surface area contributed by atoms with Gasteiger partial charge in [-0.3, -0.25) is 4.79 Å². The fraction of sp³-hybridized carbons (Fsp3) is 0.421. The van der Waals surface area contributed by atoms with Crippen LogP contribution in [-0.4, -0.2) is 36.9 Å². The number of aromatic nitrogens is 1. The van der Waals surface area contributed by atoms with Gasteiger partial charge in [0, 0.05) is 38.1 Å². The van der Waals surface area contributed by atoms with E-state index in [1.165, 1.54) is 24.3 Å². The number of halogens is 1. The Labute approximate surface area is 159 Å². The van der Waals surface area contributed by atoms with Crippen molar-refractivity contribution < 1.29 is 17.6 Å². The van der Waals surface area contributed by atoms with Gasteiger partial charge in [-0.15, -0.1) is 0 Å². The molecule has 2 heterocycles. The summed E-state index contributed by atoms with van der Waals surface area (Å²) in [5, 5.41) is 0. The quantitative estimate of drug-likeness (QED) is 0.848.